The number of furan rings is 1. The standard InChI is InChI=1S/C19H22N2O4/c20-18(23)19-7-8-24-11-14(19)10-21(12-19)17(22)6-5-15-9-13-3-1-2-4-16(13)25-15/h1-4,9,14H,5-8,10-12H2,(H2,20,23)/t14-,19+/m1/s1. The van der Waals surface area contributed by atoms with Crippen molar-refractivity contribution in [3.8, 4) is 0 Å². The lowest BCUT2D eigenvalue weighted by molar-refractivity contribution is -0.136. The summed E-state index contributed by atoms with van der Waals surface area (Å²) in [5.41, 5.74) is 5.88. The van der Waals surface area contributed by atoms with Gasteiger partial charge in [-0.15, -0.1) is 0 Å². The van der Waals surface area contributed by atoms with E-state index in [-0.39, 0.29) is 17.7 Å². The number of hydrogen-bond donors (Lipinski definition) is 1. The molecule has 4 rings (SSSR count). The second kappa shape index (κ2) is 6.19. The predicted octanol–water partition coefficient (Wildman–Crippen LogP) is 1.72. The molecule has 1 aromatic heterocycles. The number of aryl methyl sites for hydroxylation is 1. The topological polar surface area (TPSA) is 85.8 Å². The molecule has 0 spiro atoms. The van der Waals surface area contributed by atoms with Crippen LogP contribution in [0.1, 0.15) is 18.6 Å². The largest absolute Gasteiger partial charge is 0.461 e. The average Bonchev–Trinajstić information content (AvgIpc) is 3.21. The molecule has 0 aliphatic carbocycles. The lowest BCUT2D eigenvalue weighted by Gasteiger charge is -2.34. The summed E-state index contributed by atoms with van der Waals surface area (Å²) in [6, 6.07) is 9.78. The van der Waals surface area contributed by atoms with Gasteiger partial charge in [-0.05, 0) is 18.6 Å². The lowest BCUT2D eigenvalue weighted by atomic mass is 9.74. The van der Waals surface area contributed by atoms with Gasteiger partial charge in [0, 0.05) is 43.8 Å². The SMILES string of the molecule is NC(=O)[C@]12CCOC[C@H]1CN(C(=O)CCc1cc3ccccc3o1)C2. The van der Waals surface area contributed by atoms with Gasteiger partial charge in [-0.25, -0.2) is 0 Å². The van der Waals surface area contributed by atoms with E-state index in [1.165, 1.54) is 0 Å². The van der Waals surface area contributed by atoms with E-state index in [9.17, 15) is 9.59 Å². The summed E-state index contributed by atoms with van der Waals surface area (Å²) in [6.07, 6.45) is 1.51. The average molecular weight is 342 g/mol. The molecule has 2 aliphatic heterocycles. The van der Waals surface area contributed by atoms with Gasteiger partial charge in [0.1, 0.15) is 11.3 Å². The highest BCUT2D eigenvalue weighted by molar-refractivity contribution is 5.85. The molecular weight excluding hydrogens is 320 g/mol. The van der Waals surface area contributed by atoms with E-state index in [4.69, 9.17) is 14.9 Å². The molecule has 1 aromatic carbocycles. The van der Waals surface area contributed by atoms with E-state index >= 15 is 0 Å². The Labute approximate surface area is 145 Å². The van der Waals surface area contributed by atoms with Crippen molar-refractivity contribution < 1.29 is 18.7 Å². The fourth-order valence-electron chi connectivity index (χ4n) is 4.09. The molecule has 2 aromatic rings. The number of nitrogens with two attached hydrogens (primary N) is 1. The number of carbonyl (C=O) groups is 2. The summed E-state index contributed by atoms with van der Waals surface area (Å²) >= 11 is 0. The van der Waals surface area contributed by atoms with Gasteiger partial charge in [0.05, 0.1) is 12.0 Å². The monoisotopic (exact) mass is 342 g/mol. The number of likely N-dealkylation sites (tertiary alicyclic amines) is 1. The van der Waals surface area contributed by atoms with Gasteiger partial charge in [-0.3, -0.25) is 9.59 Å². The van der Waals surface area contributed by atoms with Crippen molar-refractivity contribution in [2.24, 2.45) is 17.1 Å². The number of para-hydroxylation sites is 1. The summed E-state index contributed by atoms with van der Waals surface area (Å²) in [4.78, 5) is 26.4. The lowest BCUT2D eigenvalue weighted by Crippen LogP contribution is -2.48. The highest BCUT2D eigenvalue weighted by Crippen LogP contribution is 2.42. The quantitative estimate of drug-likeness (QED) is 0.917. The van der Waals surface area contributed by atoms with Crippen LogP contribution in [0.25, 0.3) is 11.0 Å². The Hall–Kier alpha value is -2.34. The molecule has 2 amide bonds. The summed E-state index contributed by atoms with van der Waals surface area (Å²) < 4.78 is 11.3. The number of benzene rings is 1. The Morgan fingerprint density at radius 3 is 2.92 bits per heavy atom. The summed E-state index contributed by atoms with van der Waals surface area (Å²) in [5, 5.41) is 1.04. The fraction of sp³-hybridized carbons (Fsp3) is 0.474. The molecule has 6 heteroatoms. The molecule has 0 unspecified atom stereocenters. The zero-order valence-corrected chi connectivity index (χ0v) is 14.1. The van der Waals surface area contributed by atoms with Crippen LogP contribution < -0.4 is 5.73 Å². The van der Waals surface area contributed by atoms with E-state index in [0.717, 1.165) is 16.7 Å². The van der Waals surface area contributed by atoms with Gasteiger partial charge in [0.25, 0.3) is 0 Å². The van der Waals surface area contributed by atoms with E-state index < -0.39 is 5.41 Å². The van der Waals surface area contributed by atoms with Gasteiger partial charge in [0.2, 0.25) is 11.8 Å². The second-order valence-corrected chi connectivity index (χ2v) is 7.07. The molecule has 0 saturated carbocycles. The first kappa shape index (κ1) is 16.1. The van der Waals surface area contributed by atoms with Gasteiger partial charge in [0.15, 0.2) is 0 Å². The Kier molecular flexibility index (Phi) is 4.00. The first-order chi connectivity index (χ1) is 12.1. The van der Waals surface area contributed by atoms with Crippen LogP contribution in [0.2, 0.25) is 0 Å². The predicted molar refractivity (Wildman–Crippen MR) is 91.7 cm³/mol. The zero-order valence-electron chi connectivity index (χ0n) is 14.1. The van der Waals surface area contributed by atoms with E-state index in [1.54, 1.807) is 4.90 Å². The molecule has 132 valence electrons. The minimum Gasteiger partial charge on any atom is -0.461 e. The van der Waals surface area contributed by atoms with E-state index in [0.29, 0.717) is 45.6 Å². The Morgan fingerprint density at radius 2 is 2.16 bits per heavy atom. The number of carbonyl (C=O) groups excluding carboxylic acids is 2. The highest BCUT2D eigenvalue weighted by atomic mass is 16.5. The molecule has 2 N–H and O–H groups in total. The zero-order chi connectivity index (χ0) is 17.4. The highest BCUT2D eigenvalue weighted by Gasteiger charge is 2.53. The number of primary amides is 1. The van der Waals surface area contributed by atoms with Gasteiger partial charge in [-0.2, -0.15) is 0 Å². The van der Waals surface area contributed by atoms with Crippen molar-refractivity contribution in [3.63, 3.8) is 0 Å². The van der Waals surface area contributed by atoms with Gasteiger partial charge in [-0.1, -0.05) is 18.2 Å². The number of hydrogen-bond acceptors (Lipinski definition) is 4. The van der Waals surface area contributed by atoms with Crippen LogP contribution in [-0.4, -0.2) is 43.0 Å². The van der Waals surface area contributed by atoms with Gasteiger partial charge < -0.3 is 19.8 Å². The number of rotatable bonds is 4. The maximum absolute atomic E-state index is 12.6. The number of nitrogens with zero attached hydrogens (tertiary/aromatic N) is 1. The first-order valence-electron chi connectivity index (χ1n) is 8.71. The number of fused-ring (bicyclic) bond motifs is 2. The second-order valence-electron chi connectivity index (χ2n) is 7.07. The summed E-state index contributed by atoms with van der Waals surface area (Å²) in [7, 11) is 0. The van der Waals surface area contributed by atoms with Crippen molar-refractivity contribution in [2.45, 2.75) is 19.3 Å². The normalized spacial score (nSPS) is 25.9. The third kappa shape index (κ3) is 2.80. The van der Waals surface area contributed by atoms with Crippen LogP contribution in [0.4, 0.5) is 0 Å². The molecule has 0 bridgehead atoms. The van der Waals surface area contributed by atoms with Crippen molar-refractivity contribution >= 4 is 22.8 Å². The van der Waals surface area contributed by atoms with Crippen LogP contribution in [0.15, 0.2) is 34.7 Å². The van der Waals surface area contributed by atoms with Crippen molar-refractivity contribution in [3.05, 3.63) is 36.1 Å². The minimum absolute atomic E-state index is 0.00824. The van der Waals surface area contributed by atoms with E-state index in [1.807, 2.05) is 30.3 Å². The van der Waals surface area contributed by atoms with Crippen LogP contribution >= 0.6 is 0 Å². The van der Waals surface area contributed by atoms with E-state index in [2.05, 4.69) is 0 Å². The Bertz CT molecular complexity index is 782. The van der Waals surface area contributed by atoms with Crippen LogP contribution in [0.5, 0.6) is 0 Å². The summed E-state index contributed by atoms with van der Waals surface area (Å²) in [6.45, 7) is 1.98. The fourth-order valence-corrected chi connectivity index (χ4v) is 4.09. The molecule has 2 fully saturated rings. The van der Waals surface area contributed by atoms with Crippen LogP contribution in [0, 0.1) is 11.3 Å². The molecular formula is C19H22N2O4. The third-order valence-electron chi connectivity index (χ3n) is 5.61. The Morgan fingerprint density at radius 1 is 1.32 bits per heavy atom. The maximum atomic E-state index is 12.6. The van der Waals surface area contributed by atoms with Crippen molar-refractivity contribution in [1.82, 2.24) is 4.90 Å². The smallest absolute Gasteiger partial charge is 0.225 e. The molecule has 2 aliphatic rings. The van der Waals surface area contributed by atoms with Crippen molar-refractivity contribution in [1.29, 1.82) is 0 Å². The number of amides is 2. The molecule has 0 radical (unpaired) electrons. The van der Waals surface area contributed by atoms with Crippen LogP contribution in [-0.2, 0) is 20.7 Å². The summed E-state index contributed by atoms with van der Waals surface area (Å²) in [5.74, 6) is 0.539. The number of ether oxygens (including phenoxy) is 1. The van der Waals surface area contributed by atoms with Crippen molar-refractivity contribution in [2.75, 3.05) is 26.3 Å². The Balaban J connectivity index is 1.42. The molecule has 6 nitrogen and oxygen atoms in total. The maximum Gasteiger partial charge on any atom is 0.225 e. The van der Waals surface area contributed by atoms with Crippen LogP contribution in [0.3, 0.4) is 0 Å². The molecule has 2 atom stereocenters. The minimum atomic E-state index is -0.618. The molecule has 3 heterocycles. The third-order valence-corrected chi connectivity index (χ3v) is 5.61. The molecule has 25 heavy (non-hydrogen) atoms. The first-order valence-corrected chi connectivity index (χ1v) is 8.71. The van der Waals surface area contributed by atoms with Gasteiger partial charge >= 0.3 is 0 Å². The molecule has 2 saturated heterocycles.